The predicted molar refractivity (Wildman–Crippen MR) is 97.2 cm³/mol. The lowest BCUT2D eigenvalue weighted by atomic mass is 10.2. The number of benzene rings is 3. The average Bonchev–Trinajstić information content (AvgIpc) is 2.58. The van der Waals surface area contributed by atoms with Gasteiger partial charge < -0.3 is 10.1 Å². The van der Waals surface area contributed by atoms with Crippen LogP contribution < -0.4 is 10.1 Å². The highest BCUT2D eigenvalue weighted by Gasteiger charge is 1.98. The van der Waals surface area contributed by atoms with E-state index >= 15 is 0 Å². The van der Waals surface area contributed by atoms with E-state index in [4.69, 9.17) is 4.74 Å². The number of halogens is 1. The molecular formula is C20H20ClNO. The minimum Gasteiger partial charge on any atom is -0.457 e. The summed E-state index contributed by atoms with van der Waals surface area (Å²) in [5.41, 5.74) is 2.54. The van der Waals surface area contributed by atoms with Crippen molar-refractivity contribution < 1.29 is 4.74 Å². The zero-order chi connectivity index (χ0) is 15.0. The monoisotopic (exact) mass is 325 g/mol. The van der Waals surface area contributed by atoms with Gasteiger partial charge in [0.05, 0.1) is 0 Å². The third-order valence-corrected chi connectivity index (χ3v) is 3.40. The van der Waals surface area contributed by atoms with Crippen LogP contribution in [0.3, 0.4) is 0 Å². The predicted octanol–water partition coefficient (Wildman–Crippen LogP) is 5.19. The Balaban J connectivity index is 0.00000192. The second kappa shape index (κ2) is 8.99. The number of hydrogen-bond acceptors (Lipinski definition) is 2. The molecule has 0 atom stereocenters. The molecule has 0 unspecified atom stereocenters. The van der Waals surface area contributed by atoms with Gasteiger partial charge in [-0.2, -0.15) is 0 Å². The average molecular weight is 326 g/mol. The third-order valence-electron chi connectivity index (χ3n) is 3.40. The van der Waals surface area contributed by atoms with Gasteiger partial charge in [0.15, 0.2) is 0 Å². The summed E-state index contributed by atoms with van der Waals surface area (Å²) >= 11 is 0. The van der Waals surface area contributed by atoms with Crippen molar-refractivity contribution in [2.45, 2.75) is 13.1 Å². The fourth-order valence-electron chi connectivity index (χ4n) is 2.25. The standard InChI is InChI=1S/C20H19NO.ClH/c1-3-7-17(8-4-1)15-21-16-18-11-13-20(14-12-18)22-19-9-5-2-6-10-19;/h1-14,21H,15-16H2;1H. The summed E-state index contributed by atoms with van der Waals surface area (Å²) in [7, 11) is 0. The quantitative estimate of drug-likeness (QED) is 0.673. The zero-order valence-electron chi connectivity index (χ0n) is 12.8. The molecule has 0 saturated carbocycles. The fraction of sp³-hybridized carbons (Fsp3) is 0.100. The molecule has 0 aliphatic rings. The van der Waals surface area contributed by atoms with Crippen LogP contribution in [0.2, 0.25) is 0 Å². The Bertz CT molecular complexity index is 684. The first kappa shape index (κ1) is 17.1. The summed E-state index contributed by atoms with van der Waals surface area (Å²) < 4.78 is 5.79. The molecule has 0 spiro atoms. The number of nitrogens with one attached hydrogen (secondary N) is 1. The largest absolute Gasteiger partial charge is 0.457 e. The van der Waals surface area contributed by atoms with E-state index in [9.17, 15) is 0 Å². The molecule has 2 nitrogen and oxygen atoms in total. The second-order valence-electron chi connectivity index (χ2n) is 5.15. The molecular weight excluding hydrogens is 306 g/mol. The maximum Gasteiger partial charge on any atom is 0.127 e. The molecule has 0 saturated heterocycles. The molecule has 3 heteroatoms. The molecule has 0 bridgehead atoms. The first-order valence-electron chi connectivity index (χ1n) is 7.47. The lowest BCUT2D eigenvalue weighted by molar-refractivity contribution is 0.482. The van der Waals surface area contributed by atoms with Crippen molar-refractivity contribution >= 4 is 12.4 Å². The van der Waals surface area contributed by atoms with Crippen molar-refractivity contribution in [3.8, 4) is 11.5 Å². The van der Waals surface area contributed by atoms with Crippen molar-refractivity contribution in [3.05, 3.63) is 96.1 Å². The van der Waals surface area contributed by atoms with Crippen molar-refractivity contribution in [1.82, 2.24) is 5.32 Å². The highest BCUT2D eigenvalue weighted by molar-refractivity contribution is 5.85. The Morgan fingerprint density at radius 1 is 0.565 bits per heavy atom. The Morgan fingerprint density at radius 2 is 1.04 bits per heavy atom. The molecule has 0 fully saturated rings. The molecule has 0 amide bonds. The summed E-state index contributed by atoms with van der Waals surface area (Å²) in [6.45, 7) is 1.73. The van der Waals surface area contributed by atoms with Crippen LogP contribution in [0.1, 0.15) is 11.1 Å². The minimum atomic E-state index is 0. The van der Waals surface area contributed by atoms with E-state index in [2.05, 4.69) is 41.7 Å². The first-order chi connectivity index (χ1) is 10.9. The van der Waals surface area contributed by atoms with Gasteiger partial charge in [0, 0.05) is 13.1 Å². The molecule has 118 valence electrons. The second-order valence-corrected chi connectivity index (χ2v) is 5.15. The van der Waals surface area contributed by atoms with E-state index in [0.29, 0.717) is 0 Å². The molecule has 3 aromatic carbocycles. The molecule has 0 radical (unpaired) electrons. The van der Waals surface area contributed by atoms with Gasteiger partial charge >= 0.3 is 0 Å². The van der Waals surface area contributed by atoms with Crippen molar-refractivity contribution in [2.75, 3.05) is 0 Å². The Morgan fingerprint density at radius 3 is 1.65 bits per heavy atom. The summed E-state index contributed by atoms with van der Waals surface area (Å²) in [5, 5.41) is 3.45. The van der Waals surface area contributed by atoms with Crippen molar-refractivity contribution in [2.24, 2.45) is 0 Å². The van der Waals surface area contributed by atoms with E-state index in [1.165, 1.54) is 11.1 Å². The molecule has 0 aliphatic heterocycles. The van der Waals surface area contributed by atoms with Gasteiger partial charge in [0.2, 0.25) is 0 Å². The summed E-state index contributed by atoms with van der Waals surface area (Å²) in [4.78, 5) is 0. The summed E-state index contributed by atoms with van der Waals surface area (Å²) in [6, 6.07) is 28.4. The van der Waals surface area contributed by atoms with Crippen LogP contribution in [-0.2, 0) is 13.1 Å². The van der Waals surface area contributed by atoms with Gasteiger partial charge in [-0.3, -0.25) is 0 Å². The molecule has 3 rings (SSSR count). The van der Waals surface area contributed by atoms with Crippen LogP contribution >= 0.6 is 12.4 Å². The number of hydrogen-bond donors (Lipinski definition) is 1. The lowest BCUT2D eigenvalue weighted by Crippen LogP contribution is -2.12. The van der Waals surface area contributed by atoms with Gasteiger partial charge in [0.25, 0.3) is 0 Å². The van der Waals surface area contributed by atoms with Crippen LogP contribution in [0.5, 0.6) is 11.5 Å². The molecule has 0 aliphatic carbocycles. The lowest BCUT2D eigenvalue weighted by Gasteiger charge is -2.08. The molecule has 0 heterocycles. The van der Waals surface area contributed by atoms with E-state index < -0.39 is 0 Å². The Labute approximate surface area is 143 Å². The van der Waals surface area contributed by atoms with E-state index in [-0.39, 0.29) is 12.4 Å². The van der Waals surface area contributed by atoms with E-state index in [0.717, 1.165) is 24.6 Å². The Hall–Kier alpha value is -2.29. The fourth-order valence-corrected chi connectivity index (χ4v) is 2.25. The molecule has 1 N–H and O–H groups in total. The van der Waals surface area contributed by atoms with Crippen molar-refractivity contribution in [1.29, 1.82) is 0 Å². The number of rotatable bonds is 6. The van der Waals surface area contributed by atoms with Crippen LogP contribution in [-0.4, -0.2) is 0 Å². The van der Waals surface area contributed by atoms with E-state index in [1.807, 2.05) is 48.5 Å². The van der Waals surface area contributed by atoms with Gasteiger partial charge in [-0.15, -0.1) is 12.4 Å². The van der Waals surface area contributed by atoms with Gasteiger partial charge in [0.1, 0.15) is 11.5 Å². The van der Waals surface area contributed by atoms with Crippen LogP contribution in [0.15, 0.2) is 84.9 Å². The molecule has 23 heavy (non-hydrogen) atoms. The van der Waals surface area contributed by atoms with Crippen LogP contribution in [0.25, 0.3) is 0 Å². The normalized spacial score (nSPS) is 9.91. The highest BCUT2D eigenvalue weighted by atomic mass is 35.5. The molecule has 0 aromatic heterocycles. The summed E-state index contributed by atoms with van der Waals surface area (Å²) in [6.07, 6.45) is 0. The maximum atomic E-state index is 5.79. The Kier molecular flexibility index (Phi) is 6.67. The van der Waals surface area contributed by atoms with Gasteiger partial charge in [-0.25, -0.2) is 0 Å². The number of para-hydroxylation sites is 1. The topological polar surface area (TPSA) is 21.3 Å². The first-order valence-corrected chi connectivity index (χ1v) is 7.47. The van der Waals surface area contributed by atoms with Gasteiger partial charge in [-0.1, -0.05) is 60.7 Å². The molecule has 3 aromatic rings. The third kappa shape index (κ3) is 5.44. The SMILES string of the molecule is Cl.c1ccc(CNCc2ccc(Oc3ccccc3)cc2)cc1. The smallest absolute Gasteiger partial charge is 0.127 e. The van der Waals surface area contributed by atoms with Crippen molar-refractivity contribution in [3.63, 3.8) is 0 Å². The van der Waals surface area contributed by atoms with Gasteiger partial charge in [-0.05, 0) is 35.4 Å². The highest BCUT2D eigenvalue weighted by Crippen LogP contribution is 2.21. The van der Waals surface area contributed by atoms with Crippen LogP contribution in [0, 0.1) is 0 Å². The number of ether oxygens (including phenoxy) is 1. The van der Waals surface area contributed by atoms with E-state index in [1.54, 1.807) is 0 Å². The minimum absolute atomic E-state index is 0. The zero-order valence-corrected chi connectivity index (χ0v) is 13.6. The summed E-state index contributed by atoms with van der Waals surface area (Å²) in [5.74, 6) is 1.72. The maximum absolute atomic E-state index is 5.79. The van der Waals surface area contributed by atoms with Crippen LogP contribution in [0.4, 0.5) is 0 Å².